The van der Waals surface area contributed by atoms with Crippen LogP contribution >= 0.6 is 0 Å². The second-order valence-corrected chi connectivity index (χ2v) is 7.27. The molecule has 1 saturated carbocycles. The first-order valence-corrected chi connectivity index (χ1v) is 8.26. The molecule has 0 N–H and O–H groups in total. The van der Waals surface area contributed by atoms with Crippen molar-refractivity contribution in [1.82, 2.24) is 0 Å². The molecule has 2 aliphatic carbocycles. The molecule has 0 aromatic carbocycles. The van der Waals surface area contributed by atoms with E-state index in [0.29, 0.717) is 17.9 Å². The van der Waals surface area contributed by atoms with E-state index in [1.54, 1.807) is 0 Å². The van der Waals surface area contributed by atoms with Gasteiger partial charge in [-0.25, -0.2) is 0 Å². The minimum Gasteiger partial charge on any atom is -0.466 e. The van der Waals surface area contributed by atoms with Crippen LogP contribution in [0.4, 0.5) is 0 Å². The monoisotopic (exact) mass is 278 g/mol. The Kier molecular flexibility index (Phi) is 4.61. The van der Waals surface area contributed by atoms with Gasteiger partial charge in [0, 0.05) is 0 Å². The molecule has 20 heavy (non-hydrogen) atoms. The van der Waals surface area contributed by atoms with Gasteiger partial charge >= 0.3 is 5.97 Å². The average Bonchev–Trinajstić information content (AvgIpc) is 2.39. The third kappa shape index (κ3) is 2.66. The predicted octanol–water partition coefficient (Wildman–Crippen LogP) is 4.59. The molecule has 2 nitrogen and oxygen atoms in total. The van der Waals surface area contributed by atoms with Crippen molar-refractivity contribution in [2.24, 2.45) is 29.1 Å². The van der Waals surface area contributed by atoms with Gasteiger partial charge in [-0.1, -0.05) is 39.3 Å². The van der Waals surface area contributed by atoms with Crippen molar-refractivity contribution in [2.75, 3.05) is 6.61 Å². The molecular formula is C18H30O2. The lowest BCUT2D eigenvalue weighted by atomic mass is 9.55. The fraction of sp³-hybridized carbons (Fsp3) is 0.833. The number of hydrogen-bond acceptors (Lipinski definition) is 2. The van der Waals surface area contributed by atoms with Crippen LogP contribution in [-0.4, -0.2) is 12.6 Å². The van der Waals surface area contributed by atoms with E-state index in [-0.39, 0.29) is 11.9 Å². The zero-order chi connectivity index (χ0) is 14.9. The summed E-state index contributed by atoms with van der Waals surface area (Å²) in [5.41, 5.74) is 1.82. The van der Waals surface area contributed by atoms with Crippen LogP contribution in [0.25, 0.3) is 0 Å². The molecule has 0 aliphatic heterocycles. The summed E-state index contributed by atoms with van der Waals surface area (Å²) >= 11 is 0. The normalized spacial score (nSPS) is 37.3. The highest BCUT2D eigenvalue weighted by molar-refractivity contribution is 5.73. The number of allylic oxidation sites excluding steroid dienone is 2. The summed E-state index contributed by atoms with van der Waals surface area (Å²) in [5, 5.41) is 0. The molecule has 0 amide bonds. The molecule has 0 bridgehead atoms. The van der Waals surface area contributed by atoms with Crippen LogP contribution in [0.5, 0.6) is 0 Å². The van der Waals surface area contributed by atoms with E-state index in [4.69, 9.17) is 4.74 Å². The van der Waals surface area contributed by atoms with Crippen LogP contribution in [0.3, 0.4) is 0 Å². The van der Waals surface area contributed by atoms with Crippen LogP contribution in [0, 0.1) is 29.1 Å². The Labute approximate surface area is 124 Å². The van der Waals surface area contributed by atoms with E-state index in [1.807, 2.05) is 6.92 Å². The second-order valence-electron chi connectivity index (χ2n) is 7.27. The van der Waals surface area contributed by atoms with Crippen LogP contribution in [0.1, 0.15) is 60.3 Å². The lowest BCUT2D eigenvalue weighted by Crippen LogP contribution is -2.42. The minimum absolute atomic E-state index is 0.00841. The first-order valence-electron chi connectivity index (χ1n) is 8.26. The van der Waals surface area contributed by atoms with Crippen molar-refractivity contribution >= 4 is 5.97 Å². The Balaban J connectivity index is 2.15. The van der Waals surface area contributed by atoms with E-state index < -0.39 is 0 Å². The zero-order valence-electron chi connectivity index (χ0n) is 13.7. The Hall–Kier alpha value is -0.790. The van der Waals surface area contributed by atoms with E-state index in [9.17, 15) is 4.79 Å². The van der Waals surface area contributed by atoms with Crippen molar-refractivity contribution in [3.8, 4) is 0 Å². The molecule has 0 radical (unpaired) electrons. The van der Waals surface area contributed by atoms with Gasteiger partial charge in [0.1, 0.15) is 0 Å². The molecule has 2 heteroatoms. The van der Waals surface area contributed by atoms with Gasteiger partial charge in [-0.15, -0.1) is 0 Å². The second kappa shape index (κ2) is 5.91. The number of carbonyl (C=O) groups is 1. The lowest BCUT2D eigenvalue weighted by molar-refractivity contribution is -0.149. The van der Waals surface area contributed by atoms with Crippen molar-refractivity contribution in [1.29, 1.82) is 0 Å². The van der Waals surface area contributed by atoms with Gasteiger partial charge in [0.25, 0.3) is 0 Å². The number of hydrogen-bond donors (Lipinski definition) is 0. The van der Waals surface area contributed by atoms with Gasteiger partial charge in [0.15, 0.2) is 0 Å². The first-order chi connectivity index (χ1) is 9.40. The highest BCUT2D eigenvalue weighted by Crippen LogP contribution is 2.54. The summed E-state index contributed by atoms with van der Waals surface area (Å²) in [4.78, 5) is 12.0. The minimum atomic E-state index is 0.00841. The smallest absolute Gasteiger partial charge is 0.309 e. The summed E-state index contributed by atoms with van der Waals surface area (Å²) in [6, 6.07) is 0. The summed E-state index contributed by atoms with van der Waals surface area (Å²) in [6.07, 6.45) is 6.66. The van der Waals surface area contributed by atoms with Crippen molar-refractivity contribution < 1.29 is 9.53 Å². The Morgan fingerprint density at radius 2 is 2.20 bits per heavy atom. The number of esters is 1. The molecule has 0 aromatic heterocycles. The van der Waals surface area contributed by atoms with Crippen molar-refractivity contribution in [2.45, 2.75) is 60.3 Å². The molecule has 114 valence electrons. The van der Waals surface area contributed by atoms with E-state index in [0.717, 1.165) is 31.1 Å². The molecule has 0 saturated heterocycles. The first kappa shape index (κ1) is 15.6. The molecule has 0 heterocycles. The molecule has 4 atom stereocenters. The van der Waals surface area contributed by atoms with Gasteiger partial charge in [-0.05, 0) is 55.8 Å². The van der Waals surface area contributed by atoms with Crippen LogP contribution in [0.2, 0.25) is 0 Å². The largest absolute Gasteiger partial charge is 0.466 e. The van der Waals surface area contributed by atoms with Crippen LogP contribution < -0.4 is 0 Å². The average molecular weight is 278 g/mol. The van der Waals surface area contributed by atoms with E-state index in [1.165, 1.54) is 12.0 Å². The fourth-order valence-electron chi connectivity index (χ4n) is 4.34. The maximum absolute atomic E-state index is 12.0. The quantitative estimate of drug-likeness (QED) is 0.557. The van der Waals surface area contributed by atoms with E-state index >= 15 is 0 Å². The summed E-state index contributed by atoms with van der Waals surface area (Å²) in [6.45, 7) is 11.9. The maximum Gasteiger partial charge on any atom is 0.309 e. The lowest BCUT2D eigenvalue weighted by Gasteiger charge is -2.50. The molecule has 4 unspecified atom stereocenters. The summed E-state index contributed by atoms with van der Waals surface area (Å²) in [7, 11) is 0. The van der Waals surface area contributed by atoms with Crippen molar-refractivity contribution in [3.63, 3.8) is 0 Å². The highest BCUT2D eigenvalue weighted by atomic mass is 16.5. The number of ether oxygens (including phenoxy) is 1. The number of rotatable bonds is 3. The molecule has 0 spiro atoms. The molecule has 2 aliphatic rings. The SMILES string of the molecule is CCOC(=O)C1CCC2(C)C(=CCC(C(C)C)C2C)C1. The van der Waals surface area contributed by atoms with Gasteiger partial charge in [-0.3, -0.25) is 4.79 Å². The van der Waals surface area contributed by atoms with Crippen LogP contribution in [0.15, 0.2) is 11.6 Å². The predicted molar refractivity (Wildman–Crippen MR) is 82.3 cm³/mol. The third-order valence-corrected chi connectivity index (χ3v) is 5.97. The topological polar surface area (TPSA) is 26.3 Å². The molecule has 0 aromatic rings. The van der Waals surface area contributed by atoms with Gasteiger partial charge in [-0.2, -0.15) is 0 Å². The Bertz CT molecular complexity index is 396. The highest BCUT2D eigenvalue weighted by Gasteiger charge is 2.46. The van der Waals surface area contributed by atoms with Crippen molar-refractivity contribution in [3.05, 3.63) is 11.6 Å². The molecule has 1 fully saturated rings. The number of fused-ring (bicyclic) bond motifs is 1. The van der Waals surface area contributed by atoms with Crippen LogP contribution in [-0.2, 0) is 9.53 Å². The third-order valence-electron chi connectivity index (χ3n) is 5.97. The van der Waals surface area contributed by atoms with Gasteiger partial charge < -0.3 is 4.74 Å². The molecular weight excluding hydrogens is 248 g/mol. The number of carbonyl (C=O) groups excluding carboxylic acids is 1. The van der Waals surface area contributed by atoms with Gasteiger partial charge in [0.2, 0.25) is 0 Å². The zero-order valence-corrected chi connectivity index (χ0v) is 13.7. The van der Waals surface area contributed by atoms with E-state index in [2.05, 4.69) is 33.8 Å². The standard InChI is InChI=1S/C18H30O2/c1-6-20-17(19)14-9-10-18(5)13(4)16(12(2)3)8-7-15(18)11-14/h7,12-14,16H,6,8-11H2,1-5H3. The Morgan fingerprint density at radius 1 is 1.50 bits per heavy atom. The molecule has 2 rings (SSSR count). The fourth-order valence-corrected chi connectivity index (χ4v) is 4.34. The maximum atomic E-state index is 12.0. The summed E-state index contributed by atoms with van der Waals surface area (Å²) in [5.74, 6) is 2.34. The summed E-state index contributed by atoms with van der Waals surface area (Å²) < 4.78 is 5.21. The Morgan fingerprint density at radius 3 is 2.80 bits per heavy atom. The van der Waals surface area contributed by atoms with Gasteiger partial charge in [0.05, 0.1) is 12.5 Å².